The Bertz CT molecular complexity index is 928. The molecule has 0 bridgehead atoms. The summed E-state index contributed by atoms with van der Waals surface area (Å²) in [6, 6.07) is 10.6. The minimum Gasteiger partial charge on any atom is -0.480 e. The van der Waals surface area contributed by atoms with E-state index in [-0.39, 0.29) is 17.4 Å². The van der Waals surface area contributed by atoms with Crippen LogP contribution in [-0.4, -0.2) is 34.0 Å². The van der Waals surface area contributed by atoms with Crippen LogP contribution in [0.4, 0.5) is 0 Å². The number of rotatable bonds is 5. The number of fused-ring (bicyclic) bond motifs is 1. The third-order valence-corrected chi connectivity index (χ3v) is 4.56. The second-order valence-corrected chi connectivity index (χ2v) is 6.38. The molecule has 0 saturated heterocycles. The van der Waals surface area contributed by atoms with Crippen molar-refractivity contribution in [2.45, 2.75) is 25.2 Å². The van der Waals surface area contributed by atoms with Crippen LogP contribution in [0.1, 0.15) is 51.8 Å². The Kier molecular flexibility index (Phi) is 4.93. The van der Waals surface area contributed by atoms with Crippen molar-refractivity contribution in [3.8, 4) is 0 Å². The molecule has 2 aromatic carbocycles. The minimum absolute atomic E-state index is 0.0750. The molecule has 1 heterocycles. The van der Waals surface area contributed by atoms with Gasteiger partial charge in [0.1, 0.15) is 18.1 Å². The number of aliphatic hydroxyl groups excluding tert-OH is 1. The smallest absolute Gasteiger partial charge is 0.325 e. The molecule has 7 N–H and O–H groups in total. The summed E-state index contributed by atoms with van der Waals surface area (Å²) in [5.41, 5.74) is 8.51. The lowest BCUT2D eigenvalue weighted by Crippen LogP contribution is -2.38. The van der Waals surface area contributed by atoms with Crippen molar-refractivity contribution in [1.82, 2.24) is 10.6 Å². The summed E-state index contributed by atoms with van der Waals surface area (Å²) in [5.74, 6) is -1.74. The van der Waals surface area contributed by atoms with Crippen LogP contribution in [0.15, 0.2) is 42.5 Å². The van der Waals surface area contributed by atoms with Gasteiger partial charge in [0.2, 0.25) is 0 Å². The highest BCUT2D eigenvalue weighted by Gasteiger charge is 2.32. The van der Waals surface area contributed by atoms with Crippen LogP contribution in [0.5, 0.6) is 0 Å². The van der Waals surface area contributed by atoms with Gasteiger partial charge in [0.05, 0.1) is 6.04 Å². The summed E-state index contributed by atoms with van der Waals surface area (Å²) >= 11 is 0. The molecule has 0 fully saturated rings. The molecule has 3 atom stereocenters. The Labute approximate surface area is 155 Å². The number of nitrogens with two attached hydrogens (primary N) is 1. The number of carboxylic acid groups (broad SMARTS) is 1. The number of nitrogens with one attached hydrogen (secondary N) is 3. The average molecular weight is 368 g/mol. The number of carboxylic acids is 1. The first-order valence-electron chi connectivity index (χ1n) is 8.34. The van der Waals surface area contributed by atoms with E-state index in [2.05, 4.69) is 10.6 Å². The molecule has 1 aliphatic rings. The lowest BCUT2D eigenvalue weighted by molar-refractivity contribution is -0.138. The number of amidine groups is 1. The predicted octanol–water partition coefficient (Wildman–Crippen LogP) is 0.857. The largest absolute Gasteiger partial charge is 0.480 e. The fraction of sp³-hybridized carbons (Fsp3) is 0.211. The van der Waals surface area contributed by atoms with Crippen molar-refractivity contribution in [3.63, 3.8) is 0 Å². The molecule has 2 aromatic rings. The van der Waals surface area contributed by atoms with Gasteiger partial charge in [-0.25, -0.2) is 0 Å². The van der Waals surface area contributed by atoms with Gasteiger partial charge >= 0.3 is 5.97 Å². The van der Waals surface area contributed by atoms with Crippen LogP contribution < -0.4 is 16.4 Å². The van der Waals surface area contributed by atoms with Crippen molar-refractivity contribution in [2.24, 2.45) is 5.73 Å². The maximum Gasteiger partial charge on any atom is 0.325 e. The summed E-state index contributed by atoms with van der Waals surface area (Å²) < 4.78 is 0. The number of carbonyl (C=O) groups excluding carboxylic acids is 1. The normalized spacial score (nSPS) is 19.2. The van der Waals surface area contributed by atoms with Gasteiger partial charge in [0, 0.05) is 16.7 Å². The van der Waals surface area contributed by atoms with E-state index in [9.17, 15) is 14.7 Å². The summed E-state index contributed by atoms with van der Waals surface area (Å²) in [7, 11) is 0. The summed E-state index contributed by atoms with van der Waals surface area (Å²) in [5, 5.41) is 32.5. The van der Waals surface area contributed by atoms with Gasteiger partial charge in [-0.05, 0) is 30.2 Å². The van der Waals surface area contributed by atoms with Gasteiger partial charge in [-0.15, -0.1) is 0 Å². The number of hydrogen-bond acceptors (Lipinski definition) is 5. The molecule has 140 valence electrons. The third kappa shape index (κ3) is 3.53. The molecular formula is C19H20N4O4. The Morgan fingerprint density at radius 1 is 1.19 bits per heavy atom. The molecule has 8 heteroatoms. The molecule has 1 aliphatic heterocycles. The third-order valence-electron chi connectivity index (χ3n) is 4.56. The Balaban J connectivity index is 1.95. The summed E-state index contributed by atoms with van der Waals surface area (Å²) in [4.78, 5) is 23.1. The number of nitrogen functional groups attached to an aromatic ring is 1. The highest BCUT2D eigenvalue weighted by molar-refractivity contribution is 5.97. The molecule has 1 amide bonds. The fourth-order valence-corrected chi connectivity index (χ4v) is 3.15. The van der Waals surface area contributed by atoms with Gasteiger partial charge in [-0.3, -0.25) is 20.3 Å². The van der Waals surface area contributed by atoms with Crippen molar-refractivity contribution in [3.05, 3.63) is 70.3 Å². The second kappa shape index (κ2) is 7.18. The molecule has 0 saturated carbocycles. The zero-order valence-electron chi connectivity index (χ0n) is 14.6. The maximum absolute atomic E-state index is 12.2. The van der Waals surface area contributed by atoms with Crippen LogP contribution in [-0.2, 0) is 4.79 Å². The molecule has 8 nitrogen and oxygen atoms in total. The molecule has 0 spiro atoms. The van der Waals surface area contributed by atoms with E-state index < -0.39 is 24.1 Å². The van der Waals surface area contributed by atoms with Crippen LogP contribution in [0.25, 0.3) is 0 Å². The molecule has 0 aromatic heterocycles. The van der Waals surface area contributed by atoms with Gasteiger partial charge < -0.3 is 21.3 Å². The van der Waals surface area contributed by atoms with Crippen molar-refractivity contribution in [1.29, 1.82) is 5.41 Å². The van der Waals surface area contributed by atoms with E-state index in [0.717, 1.165) is 11.1 Å². The van der Waals surface area contributed by atoms with Crippen molar-refractivity contribution in [2.75, 3.05) is 0 Å². The van der Waals surface area contributed by atoms with E-state index in [1.54, 1.807) is 24.3 Å². The summed E-state index contributed by atoms with van der Waals surface area (Å²) in [6.07, 6.45) is -1.00. The van der Waals surface area contributed by atoms with E-state index in [4.69, 9.17) is 16.2 Å². The predicted molar refractivity (Wildman–Crippen MR) is 98.4 cm³/mol. The lowest BCUT2D eigenvalue weighted by atomic mass is 9.93. The Morgan fingerprint density at radius 3 is 2.56 bits per heavy atom. The number of aliphatic carboxylic acids is 1. The van der Waals surface area contributed by atoms with Gasteiger partial charge in [0.15, 0.2) is 0 Å². The van der Waals surface area contributed by atoms with Crippen molar-refractivity contribution >= 4 is 17.7 Å². The molecular weight excluding hydrogens is 348 g/mol. The van der Waals surface area contributed by atoms with E-state index in [1.165, 1.54) is 13.0 Å². The topological polar surface area (TPSA) is 149 Å². The van der Waals surface area contributed by atoms with Crippen LogP contribution >= 0.6 is 0 Å². The van der Waals surface area contributed by atoms with E-state index in [1.807, 2.05) is 12.1 Å². The molecule has 27 heavy (non-hydrogen) atoms. The monoisotopic (exact) mass is 368 g/mol. The Hall–Kier alpha value is -3.23. The minimum atomic E-state index is -1.13. The van der Waals surface area contributed by atoms with Crippen LogP contribution in [0.2, 0.25) is 0 Å². The number of hydrogen-bond donors (Lipinski definition) is 6. The van der Waals surface area contributed by atoms with Gasteiger partial charge in [-0.2, -0.15) is 0 Å². The average Bonchev–Trinajstić information content (AvgIpc) is 2.97. The number of amides is 1. The first-order valence-corrected chi connectivity index (χ1v) is 8.34. The number of benzene rings is 2. The quantitative estimate of drug-likeness (QED) is 0.340. The lowest BCUT2D eigenvalue weighted by Gasteiger charge is -2.17. The molecule has 0 radical (unpaired) electrons. The standard InChI is InChI=1S/C19H20N4O4/c1-9(19(26)27)22-17(24)10-6-7-12-14(8-10)18(25)23-15(12)11-4-2-3-5-13(11)16(20)21/h2-9,15,18,23,25H,1H3,(H3,20,21)(H,22,24)(H,26,27). The zero-order valence-corrected chi connectivity index (χ0v) is 14.6. The highest BCUT2D eigenvalue weighted by Crippen LogP contribution is 2.37. The van der Waals surface area contributed by atoms with Gasteiger partial charge in [-0.1, -0.05) is 30.3 Å². The zero-order chi connectivity index (χ0) is 19.7. The maximum atomic E-state index is 12.2. The highest BCUT2D eigenvalue weighted by atomic mass is 16.4. The first-order chi connectivity index (χ1) is 12.8. The summed E-state index contributed by atoms with van der Waals surface area (Å²) in [6.45, 7) is 1.37. The molecule has 3 unspecified atom stereocenters. The van der Waals surface area contributed by atoms with Crippen molar-refractivity contribution < 1.29 is 19.8 Å². The van der Waals surface area contributed by atoms with E-state index >= 15 is 0 Å². The van der Waals surface area contributed by atoms with E-state index in [0.29, 0.717) is 11.1 Å². The van der Waals surface area contributed by atoms with Crippen LogP contribution in [0.3, 0.4) is 0 Å². The SMILES string of the molecule is CC(NC(=O)c1ccc2c(c1)C(O)NC2c1ccccc1C(=N)N)C(=O)O. The first kappa shape index (κ1) is 18.6. The molecule has 0 aliphatic carbocycles. The fourth-order valence-electron chi connectivity index (χ4n) is 3.15. The van der Waals surface area contributed by atoms with Gasteiger partial charge in [0.25, 0.3) is 5.91 Å². The number of carbonyl (C=O) groups is 2. The van der Waals surface area contributed by atoms with Crippen LogP contribution in [0, 0.1) is 5.41 Å². The second-order valence-electron chi connectivity index (χ2n) is 6.38. The number of aliphatic hydroxyl groups is 1. The Morgan fingerprint density at radius 2 is 1.89 bits per heavy atom. The molecule has 3 rings (SSSR count).